The fraction of sp³-hybridized carbons (Fsp3) is 0.500. The summed E-state index contributed by atoms with van der Waals surface area (Å²) in [7, 11) is 1.65. The van der Waals surface area contributed by atoms with Gasteiger partial charge in [0.25, 0.3) is 0 Å². The van der Waals surface area contributed by atoms with Crippen LogP contribution in [0.25, 0.3) is 11.4 Å². The van der Waals surface area contributed by atoms with Crippen LogP contribution < -0.4 is 10.1 Å². The third-order valence-corrected chi connectivity index (χ3v) is 4.18. The molecule has 1 aliphatic rings. The van der Waals surface area contributed by atoms with E-state index >= 15 is 0 Å². The highest BCUT2D eigenvalue weighted by molar-refractivity contribution is 5.57. The molecule has 5 nitrogen and oxygen atoms in total. The van der Waals surface area contributed by atoms with Crippen LogP contribution in [0.1, 0.15) is 32.1 Å². The summed E-state index contributed by atoms with van der Waals surface area (Å²) >= 11 is 0. The molecule has 0 aliphatic carbocycles. The van der Waals surface area contributed by atoms with Gasteiger partial charge in [0, 0.05) is 12.1 Å². The zero-order valence-corrected chi connectivity index (χ0v) is 12.6. The minimum absolute atomic E-state index is 0.00112. The smallest absolute Gasteiger partial charge is 0.234 e. The van der Waals surface area contributed by atoms with Gasteiger partial charge in [-0.3, -0.25) is 0 Å². The van der Waals surface area contributed by atoms with Crippen LogP contribution in [0.2, 0.25) is 0 Å². The van der Waals surface area contributed by atoms with Gasteiger partial charge in [0.1, 0.15) is 5.75 Å². The molecule has 1 aromatic carbocycles. The van der Waals surface area contributed by atoms with Crippen LogP contribution in [-0.2, 0) is 5.41 Å². The first kappa shape index (κ1) is 14.1. The number of hydrogen-bond acceptors (Lipinski definition) is 5. The maximum absolute atomic E-state index is 5.59. The van der Waals surface area contributed by atoms with Crippen molar-refractivity contribution < 1.29 is 9.26 Å². The number of aromatic nitrogens is 2. The first-order valence-electron chi connectivity index (χ1n) is 7.47. The van der Waals surface area contributed by atoms with Crippen LogP contribution in [0.15, 0.2) is 28.8 Å². The number of methoxy groups -OCH3 is 1. The molecule has 0 bridgehead atoms. The summed E-state index contributed by atoms with van der Waals surface area (Å²) < 4.78 is 10.8. The quantitative estimate of drug-likeness (QED) is 0.916. The van der Waals surface area contributed by atoms with E-state index in [9.17, 15) is 0 Å². The van der Waals surface area contributed by atoms with Crippen LogP contribution in [0.4, 0.5) is 0 Å². The molecule has 1 aromatic heterocycles. The van der Waals surface area contributed by atoms with Gasteiger partial charge in [-0.25, -0.2) is 0 Å². The highest BCUT2D eigenvalue weighted by Crippen LogP contribution is 2.35. The molecule has 3 rings (SSSR count). The molecule has 1 fully saturated rings. The van der Waals surface area contributed by atoms with E-state index in [0.717, 1.165) is 49.6 Å². The predicted molar refractivity (Wildman–Crippen MR) is 80.4 cm³/mol. The zero-order valence-electron chi connectivity index (χ0n) is 12.6. The maximum Gasteiger partial charge on any atom is 0.234 e. The van der Waals surface area contributed by atoms with Crippen molar-refractivity contribution in [1.29, 1.82) is 0 Å². The van der Waals surface area contributed by atoms with E-state index in [1.54, 1.807) is 7.11 Å². The molecule has 2 heterocycles. The van der Waals surface area contributed by atoms with Crippen molar-refractivity contribution in [2.24, 2.45) is 0 Å². The van der Waals surface area contributed by atoms with Gasteiger partial charge in [-0.1, -0.05) is 30.6 Å². The monoisotopic (exact) mass is 287 g/mol. The van der Waals surface area contributed by atoms with Gasteiger partial charge in [0.2, 0.25) is 11.7 Å². The summed E-state index contributed by atoms with van der Waals surface area (Å²) in [4.78, 5) is 4.66. The lowest BCUT2D eigenvalue weighted by Gasteiger charge is -2.22. The van der Waals surface area contributed by atoms with Crippen molar-refractivity contribution in [2.75, 3.05) is 20.2 Å². The summed E-state index contributed by atoms with van der Waals surface area (Å²) in [6.07, 6.45) is 3.24. The van der Waals surface area contributed by atoms with Crippen molar-refractivity contribution >= 4 is 0 Å². The number of ether oxygens (including phenoxy) is 1. The zero-order chi connectivity index (χ0) is 14.7. The molecule has 0 amide bonds. The number of nitrogens with zero attached hydrogens (tertiary/aromatic N) is 2. The second-order valence-electron chi connectivity index (χ2n) is 5.61. The Hall–Kier alpha value is -1.88. The van der Waals surface area contributed by atoms with E-state index in [1.165, 1.54) is 0 Å². The summed E-state index contributed by atoms with van der Waals surface area (Å²) in [5.74, 6) is 2.18. The molecular formula is C16H21N3O2. The molecule has 0 saturated carbocycles. The van der Waals surface area contributed by atoms with Crippen molar-refractivity contribution in [2.45, 2.75) is 31.6 Å². The molecule has 0 spiro atoms. The molecule has 112 valence electrons. The number of nitrogens with one attached hydrogen (secondary N) is 1. The van der Waals surface area contributed by atoms with Crippen molar-refractivity contribution in [1.82, 2.24) is 15.5 Å². The third kappa shape index (κ3) is 2.65. The lowest BCUT2D eigenvalue weighted by molar-refractivity contribution is 0.277. The molecule has 1 saturated heterocycles. The second kappa shape index (κ2) is 5.85. The van der Waals surface area contributed by atoms with E-state index in [4.69, 9.17) is 9.26 Å². The average Bonchev–Trinajstić information content (AvgIpc) is 3.17. The molecule has 2 aromatic rings. The lowest BCUT2D eigenvalue weighted by Crippen LogP contribution is -2.29. The molecule has 5 heteroatoms. The Morgan fingerprint density at radius 3 is 3.05 bits per heavy atom. The van der Waals surface area contributed by atoms with E-state index < -0.39 is 0 Å². The predicted octanol–water partition coefficient (Wildman–Crippen LogP) is 2.78. The Kier molecular flexibility index (Phi) is 3.92. The molecule has 0 radical (unpaired) electrons. The highest BCUT2D eigenvalue weighted by atomic mass is 16.5. The minimum atomic E-state index is -0.00112. The van der Waals surface area contributed by atoms with Gasteiger partial charge in [0.15, 0.2) is 0 Å². The van der Waals surface area contributed by atoms with Crippen molar-refractivity contribution in [3.63, 3.8) is 0 Å². The van der Waals surface area contributed by atoms with Gasteiger partial charge in [-0.05, 0) is 31.5 Å². The third-order valence-electron chi connectivity index (χ3n) is 4.18. The molecule has 1 atom stereocenters. The van der Waals surface area contributed by atoms with Crippen LogP contribution in [0, 0.1) is 0 Å². The van der Waals surface area contributed by atoms with Gasteiger partial charge in [-0.15, -0.1) is 0 Å². The standard InChI is InChI=1S/C16H21N3O2/c1-3-7-16(8-9-17-11-16)15-18-14(19-21-15)12-5-4-6-13(10-12)20-2/h4-6,10,17H,3,7-9,11H2,1-2H3. The van der Waals surface area contributed by atoms with Gasteiger partial charge in [0.05, 0.1) is 12.5 Å². The topological polar surface area (TPSA) is 60.2 Å². The summed E-state index contributed by atoms with van der Waals surface area (Å²) in [5, 5.41) is 7.58. The summed E-state index contributed by atoms with van der Waals surface area (Å²) in [6.45, 7) is 4.12. The Bertz CT molecular complexity index is 603. The molecule has 1 N–H and O–H groups in total. The van der Waals surface area contributed by atoms with E-state index in [0.29, 0.717) is 5.82 Å². The normalized spacial score (nSPS) is 21.6. The Morgan fingerprint density at radius 1 is 1.43 bits per heavy atom. The largest absolute Gasteiger partial charge is 0.497 e. The summed E-state index contributed by atoms with van der Waals surface area (Å²) in [6, 6.07) is 7.73. The second-order valence-corrected chi connectivity index (χ2v) is 5.61. The average molecular weight is 287 g/mol. The van der Waals surface area contributed by atoms with Gasteiger partial charge >= 0.3 is 0 Å². The first-order chi connectivity index (χ1) is 10.3. The number of hydrogen-bond donors (Lipinski definition) is 1. The van der Waals surface area contributed by atoms with Crippen LogP contribution in [0.5, 0.6) is 5.75 Å². The van der Waals surface area contributed by atoms with E-state index in [2.05, 4.69) is 22.4 Å². The molecular weight excluding hydrogens is 266 g/mol. The summed E-state index contributed by atoms with van der Waals surface area (Å²) in [5.41, 5.74) is 0.917. The lowest BCUT2D eigenvalue weighted by atomic mass is 9.82. The number of benzene rings is 1. The highest BCUT2D eigenvalue weighted by Gasteiger charge is 2.40. The number of rotatable bonds is 5. The minimum Gasteiger partial charge on any atom is -0.497 e. The first-order valence-corrected chi connectivity index (χ1v) is 7.47. The van der Waals surface area contributed by atoms with Crippen LogP contribution in [-0.4, -0.2) is 30.3 Å². The Morgan fingerprint density at radius 2 is 2.33 bits per heavy atom. The molecule has 21 heavy (non-hydrogen) atoms. The van der Waals surface area contributed by atoms with E-state index in [-0.39, 0.29) is 5.41 Å². The fourth-order valence-electron chi connectivity index (χ4n) is 3.04. The van der Waals surface area contributed by atoms with Crippen LogP contribution in [0.3, 0.4) is 0 Å². The Balaban J connectivity index is 1.91. The van der Waals surface area contributed by atoms with Crippen LogP contribution >= 0.6 is 0 Å². The van der Waals surface area contributed by atoms with Crippen molar-refractivity contribution in [3.8, 4) is 17.1 Å². The molecule has 1 aliphatic heterocycles. The fourth-order valence-corrected chi connectivity index (χ4v) is 3.04. The van der Waals surface area contributed by atoms with Gasteiger partial charge < -0.3 is 14.6 Å². The SMILES string of the molecule is CCCC1(c2nc(-c3cccc(OC)c3)no2)CCNC1. The molecule has 1 unspecified atom stereocenters. The maximum atomic E-state index is 5.59. The van der Waals surface area contributed by atoms with E-state index in [1.807, 2.05) is 24.3 Å². The van der Waals surface area contributed by atoms with Gasteiger partial charge in [-0.2, -0.15) is 4.98 Å². The Labute approximate surface area is 124 Å². The van der Waals surface area contributed by atoms with Crippen molar-refractivity contribution in [3.05, 3.63) is 30.2 Å².